The first-order chi connectivity index (χ1) is 20.0. The van der Waals surface area contributed by atoms with Crippen LogP contribution in [0.3, 0.4) is 0 Å². The van der Waals surface area contributed by atoms with E-state index in [1.165, 1.54) is 0 Å². The zero-order valence-corrected chi connectivity index (χ0v) is 24.1. The lowest BCUT2D eigenvalue weighted by atomic mass is 10.0. The van der Waals surface area contributed by atoms with Crippen molar-refractivity contribution in [2.45, 2.75) is 53.4 Å². The van der Waals surface area contributed by atoms with E-state index in [1.807, 2.05) is 52.0 Å². The molecule has 0 amide bonds. The Morgan fingerprint density at radius 3 is 1.81 bits per heavy atom. The molecule has 8 bridgehead atoms. The van der Waals surface area contributed by atoms with Crippen LogP contribution in [0.4, 0.5) is 0 Å². The monoisotopic (exact) mass is 566 g/mol. The smallest absolute Gasteiger partial charge is 0.303 e. The highest BCUT2D eigenvalue weighted by Crippen LogP contribution is 2.23. The Hall–Kier alpha value is -5.05. The van der Waals surface area contributed by atoms with E-state index in [9.17, 15) is 24.6 Å². The van der Waals surface area contributed by atoms with Gasteiger partial charge < -0.3 is 30.1 Å². The fraction of sp³-hybridized carbons (Fsp3) is 0.242. The van der Waals surface area contributed by atoms with Crippen molar-refractivity contribution >= 4 is 48.6 Å². The number of aldehydes is 1. The molecule has 9 heteroatoms. The van der Waals surface area contributed by atoms with E-state index in [2.05, 4.69) is 26.5 Å². The molecule has 0 atom stereocenters. The maximum atomic E-state index is 12.2. The Labute approximate surface area is 241 Å². The summed E-state index contributed by atoms with van der Waals surface area (Å²) in [5.74, 6) is -1.78. The molecule has 0 saturated carbocycles. The SMILES string of the molecule is C=Cc1c(C)c2[nH]c1=Cc1[nH]c(c(CCC(=O)O)c1C)C=c1[nH]c(c(C)c1CCC(=O)O)=Cc1[nH]c(c(C=O)c1C)C=2. The van der Waals surface area contributed by atoms with E-state index in [0.29, 0.717) is 24.1 Å². The van der Waals surface area contributed by atoms with Gasteiger partial charge in [0.25, 0.3) is 0 Å². The van der Waals surface area contributed by atoms with Crippen LogP contribution < -0.4 is 21.4 Å². The molecular weight excluding hydrogens is 532 g/mol. The number of fused-ring (bicyclic) bond motifs is 8. The third-order valence-electron chi connectivity index (χ3n) is 8.29. The summed E-state index contributed by atoms with van der Waals surface area (Å²) >= 11 is 0. The number of carboxylic acid groups (broad SMARTS) is 2. The third-order valence-corrected chi connectivity index (χ3v) is 8.29. The second-order valence-corrected chi connectivity index (χ2v) is 10.8. The molecule has 9 nitrogen and oxygen atoms in total. The fourth-order valence-electron chi connectivity index (χ4n) is 5.82. The van der Waals surface area contributed by atoms with Crippen molar-refractivity contribution in [2.75, 3.05) is 0 Å². The summed E-state index contributed by atoms with van der Waals surface area (Å²) in [5.41, 5.74) is 9.82. The molecule has 42 heavy (non-hydrogen) atoms. The number of carbonyl (C=O) groups is 3. The molecule has 0 aromatic carbocycles. The molecule has 0 unspecified atom stereocenters. The molecule has 0 saturated heterocycles. The number of carboxylic acids is 2. The van der Waals surface area contributed by atoms with E-state index in [4.69, 9.17) is 0 Å². The Morgan fingerprint density at radius 2 is 1.17 bits per heavy atom. The number of H-pyrrole nitrogens is 4. The molecule has 0 radical (unpaired) electrons. The predicted octanol–water partition coefficient (Wildman–Crippen LogP) is 2.35. The average Bonchev–Trinajstić information content (AvgIpc) is 3.59. The van der Waals surface area contributed by atoms with Crippen LogP contribution in [0.15, 0.2) is 6.58 Å². The number of hydrogen-bond acceptors (Lipinski definition) is 3. The quantitative estimate of drug-likeness (QED) is 0.159. The first-order valence-electron chi connectivity index (χ1n) is 13.8. The number of rotatable bonds is 8. The number of nitrogens with one attached hydrogen (secondary N) is 4. The maximum Gasteiger partial charge on any atom is 0.303 e. The van der Waals surface area contributed by atoms with Gasteiger partial charge in [-0.25, -0.2) is 0 Å². The van der Waals surface area contributed by atoms with Crippen LogP contribution in [0.2, 0.25) is 0 Å². The molecule has 5 heterocycles. The van der Waals surface area contributed by atoms with Gasteiger partial charge in [0.2, 0.25) is 0 Å². The van der Waals surface area contributed by atoms with Crippen LogP contribution in [0.5, 0.6) is 0 Å². The highest BCUT2D eigenvalue weighted by Gasteiger charge is 2.17. The first-order valence-corrected chi connectivity index (χ1v) is 13.8. The van der Waals surface area contributed by atoms with Crippen LogP contribution in [0.25, 0.3) is 30.4 Å². The van der Waals surface area contributed by atoms with Crippen molar-refractivity contribution in [1.29, 1.82) is 0 Å². The van der Waals surface area contributed by atoms with Crippen molar-refractivity contribution in [3.8, 4) is 0 Å². The molecule has 1 aliphatic rings. The van der Waals surface area contributed by atoms with Crippen molar-refractivity contribution in [1.82, 2.24) is 19.9 Å². The summed E-state index contributed by atoms with van der Waals surface area (Å²) in [5, 5.41) is 22.1. The van der Waals surface area contributed by atoms with Gasteiger partial charge >= 0.3 is 11.9 Å². The molecule has 216 valence electrons. The van der Waals surface area contributed by atoms with Gasteiger partial charge in [-0.1, -0.05) is 12.7 Å². The summed E-state index contributed by atoms with van der Waals surface area (Å²) in [4.78, 5) is 49.1. The van der Waals surface area contributed by atoms with E-state index >= 15 is 0 Å². The normalized spacial score (nSPS) is 12.1. The molecule has 0 fully saturated rings. The van der Waals surface area contributed by atoms with E-state index in [0.717, 1.165) is 83.7 Å². The van der Waals surface area contributed by atoms with Crippen LogP contribution in [-0.2, 0) is 22.4 Å². The van der Waals surface area contributed by atoms with Gasteiger partial charge in [0.1, 0.15) is 0 Å². The summed E-state index contributed by atoms with van der Waals surface area (Å²) in [7, 11) is 0. The van der Waals surface area contributed by atoms with Crippen molar-refractivity contribution < 1.29 is 24.6 Å². The average molecular weight is 567 g/mol. The number of hydrogen-bond donors (Lipinski definition) is 6. The zero-order chi connectivity index (χ0) is 30.3. The lowest BCUT2D eigenvalue weighted by molar-refractivity contribution is -0.138. The van der Waals surface area contributed by atoms with Gasteiger partial charge in [-0.15, -0.1) is 0 Å². The molecule has 4 aromatic rings. The van der Waals surface area contributed by atoms with Gasteiger partial charge in [0.05, 0.1) is 5.69 Å². The Bertz CT molecular complexity index is 2030. The molecule has 6 N–H and O–H groups in total. The van der Waals surface area contributed by atoms with Crippen LogP contribution in [0, 0.1) is 27.7 Å². The second-order valence-electron chi connectivity index (χ2n) is 10.8. The Balaban J connectivity index is 1.92. The first kappa shape index (κ1) is 28.5. The van der Waals surface area contributed by atoms with Crippen LogP contribution in [0.1, 0.15) is 84.9 Å². The van der Waals surface area contributed by atoms with Crippen molar-refractivity contribution in [3.63, 3.8) is 0 Å². The van der Waals surface area contributed by atoms with E-state index < -0.39 is 11.9 Å². The zero-order valence-electron chi connectivity index (χ0n) is 24.1. The minimum Gasteiger partial charge on any atom is -0.481 e. The summed E-state index contributed by atoms with van der Waals surface area (Å²) in [6.07, 6.45) is 11.0. The highest BCUT2D eigenvalue weighted by atomic mass is 16.4. The van der Waals surface area contributed by atoms with Gasteiger partial charge in [-0.3, -0.25) is 14.4 Å². The number of aromatic amines is 4. The Kier molecular flexibility index (Phi) is 7.51. The lowest BCUT2D eigenvalue weighted by Crippen LogP contribution is -2.14. The Morgan fingerprint density at radius 1 is 0.643 bits per heavy atom. The van der Waals surface area contributed by atoms with Gasteiger partial charge in [-0.2, -0.15) is 0 Å². The highest BCUT2D eigenvalue weighted by molar-refractivity contribution is 5.85. The molecule has 1 aliphatic heterocycles. The molecule has 5 rings (SSSR count). The second kappa shape index (κ2) is 11.1. The van der Waals surface area contributed by atoms with Gasteiger partial charge in [-0.05, 0) is 98.2 Å². The van der Waals surface area contributed by atoms with Crippen LogP contribution >= 0.6 is 0 Å². The summed E-state index contributed by atoms with van der Waals surface area (Å²) < 4.78 is 0. The minimum absolute atomic E-state index is 0.0282. The minimum atomic E-state index is -0.894. The fourth-order valence-corrected chi connectivity index (χ4v) is 5.82. The van der Waals surface area contributed by atoms with Gasteiger partial charge in [0, 0.05) is 62.4 Å². The molecule has 4 aromatic heterocycles. The largest absolute Gasteiger partial charge is 0.481 e. The van der Waals surface area contributed by atoms with Crippen molar-refractivity contribution in [3.05, 3.63) is 95.3 Å². The van der Waals surface area contributed by atoms with Gasteiger partial charge in [0.15, 0.2) is 6.29 Å². The number of carbonyl (C=O) groups excluding carboxylic acids is 1. The molecule has 0 aliphatic carbocycles. The van der Waals surface area contributed by atoms with E-state index in [-0.39, 0.29) is 12.8 Å². The molecular formula is C33H34N4O5. The molecule has 0 spiro atoms. The predicted molar refractivity (Wildman–Crippen MR) is 162 cm³/mol. The third kappa shape index (κ3) is 5.09. The number of aromatic nitrogens is 4. The van der Waals surface area contributed by atoms with Crippen molar-refractivity contribution in [2.24, 2.45) is 0 Å². The topological polar surface area (TPSA) is 155 Å². The van der Waals surface area contributed by atoms with E-state index in [1.54, 1.807) is 6.08 Å². The summed E-state index contributed by atoms with van der Waals surface area (Å²) in [6, 6.07) is 0. The maximum absolute atomic E-state index is 12.2. The lowest BCUT2D eigenvalue weighted by Gasteiger charge is -2.01. The number of aliphatic carboxylic acids is 2. The van der Waals surface area contributed by atoms with Crippen LogP contribution in [-0.4, -0.2) is 48.4 Å². The standard InChI is InChI=1S/C33H34N4O5/c1-6-20-16(2)26-13-31-23(15-38)19(5)25(37-31)11-24-17(3)21(7-9-32(39)40)29(35-24)14-30-22(8-10-33(41)42)18(4)27(36-30)12-28(20)34-26/h6,11-15,34-37H,1,7-10H2,2-5H3,(H,39,40)(H,41,42). The summed E-state index contributed by atoms with van der Waals surface area (Å²) in [6.45, 7) is 11.8.